The van der Waals surface area contributed by atoms with Crippen LogP contribution in [0.2, 0.25) is 0 Å². The quantitative estimate of drug-likeness (QED) is 0.515. The summed E-state index contributed by atoms with van der Waals surface area (Å²) in [5.41, 5.74) is -1.58. The molecule has 0 unspecified atom stereocenters. The summed E-state index contributed by atoms with van der Waals surface area (Å²) in [6.07, 6.45) is -3.90. The van der Waals surface area contributed by atoms with Gasteiger partial charge in [-0.2, -0.15) is 13.2 Å². The third-order valence-corrected chi connectivity index (χ3v) is 5.16. The molecule has 2 rings (SSSR count). The van der Waals surface area contributed by atoms with Gasteiger partial charge < -0.3 is 15.1 Å². The molecule has 1 aliphatic heterocycles. The number of hydrogen-bond acceptors (Lipinski definition) is 5. The third kappa shape index (κ3) is 6.31. The Bertz CT molecular complexity index is 821. The van der Waals surface area contributed by atoms with Crippen LogP contribution in [-0.2, 0) is 15.8 Å². The summed E-state index contributed by atoms with van der Waals surface area (Å²) in [4.78, 5) is 38.4. The minimum absolute atomic E-state index is 0.0379. The first-order chi connectivity index (χ1) is 14.4. The highest BCUT2D eigenvalue weighted by atomic mass is 19.4. The lowest BCUT2D eigenvalue weighted by Crippen LogP contribution is -2.47. The zero-order valence-electron chi connectivity index (χ0n) is 17.7. The van der Waals surface area contributed by atoms with Crippen LogP contribution in [0.4, 0.5) is 24.5 Å². The largest absolute Gasteiger partial charge is 0.416 e. The summed E-state index contributed by atoms with van der Waals surface area (Å²) in [7, 11) is 0. The van der Waals surface area contributed by atoms with Crippen LogP contribution in [-0.4, -0.2) is 53.9 Å². The molecule has 1 fully saturated rings. The number of anilines is 1. The van der Waals surface area contributed by atoms with E-state index in [0.29, 0.717) is 38.5 Å². The number of halogens is 3. The van der Waals surface area contributed by atoms with Crippen molar-refractivity contribution in [3.8, 4) is 0 Å². The van der Waals surface area contributed by atoms with Gasteiger partial charge in [0, 0.05) is 37.7 Å². The molecule has 1 aliphatic rings. The zero-order valence-corrected chi connectivity index (χ0v) is 17.7. The summed E-state index contributed by atoms with van der Waals surface area (Å²) in [5, 5.41) is 14.1. The Morgan fingerprint density at radius 2 is 1.90 bits per heavy atom. The number of carbonyl (C=O) groups is 2. The average Bonchev–Trinajstić information content (AvgIpc) is 2.70. The van der Waals surface area contributed by atoms with Crippen molar-refractivity contribution >= 4 is 23.2 Å². The second-order valence-electron chi connectivity index (χ2n) is 7.79. The Kier molecular flexibility index (Phi) is 7.85. The van der Waals surface area contributed by atoms with E-state index in [-0.39, 0.29) is 36.0 Å². The predicted molar refractivity (Wildman–Crippen MR) is 109 cm³/mol. The number of nitrogens with zero attached hydrogens (tertiary/aromatic N) is 3. The van der Waals surface area contributed by atoms with Crippen molar-refractivity contribution < 1.29 is 27.7 Å². The molecule has 1 N–H and O–H groups in total. The molecular weight excluding hydrogens is 417 g/mol. The molecule has 172 valence electrons. The molecule has 31 heavy (non-hydrogen) atoms. The molecule has 0 bridgehead atoms. The second kappa shape index (κ2) is 9.97. The van der Waals surface area contributed by atoms with Crippen molar-refractivity contribution in [2.75, 3.05) is 31.1 Å². The van der Waals surface area contributed by atoms with Crippen LogP contribution in [0, 0.1) is 16.0 Å². The first-order valence-corrected chi connectivity index (χ1v) is 10.1. The molecule has 0 atom stereocenters. The highest BCUT2D eigenvalue weighted by Crippen LogP contribution is 2.37. The van der Waals surface area contributed by atoms with Gasteiger partial charge in [-0.3, -0.25) is 19.7 Å². The maximum absolute atomic E-state index is 12.9. The SMILES string of the molecule is CCN(CC(=O)NC(C)C)C(=O)C1CCN(c2ccc(C(F)(F)F)cc2[N+](=O)[O-])CC1. The number of rotatable bonds is 7. The fourth-order valence-electron chi connectivity index (χ4n) is 3.63. The first-order valence-electron chi connectivity index (χ1n) is 10.1. The molecule has 1 heterocycles. The van der Waals surface area contributed by atoms with Crippen LogP contribution < -0.4 is 10.2 Å². The maximum Gasteiger partial charge on any atom is 0.416 e. The van der Waals surface area contributed by atoms with Gasteiger partial charge in [-0.1, -0.05) is 0 Å². The second-order valence-corrected chi connectivity index (χ2v) is 7.79. The summed E-state index contributed by atoms with van der Waals surface area (Å²) < 4.78 is 38.7. The van der Waals surface area contributed by atoms with E-state index in [1.807, 2.05) is 13.8 Å². The number of piperidine rings is 1. The molecule has 2 amide bonds. The van der Waals surface area contributed by atoms with Crippen molar-refractivity contribution in [2.45, 2.75) is 45.8 Å². The van der Waals surface area contributed by atoms with E-state index in [0.717, 1.165) is 12.1 Å². The first kappa shape index (κ1) is 24.4. The Labute approximate surface area is 178 Å². The molecule has 11 heteroatoms. The van der Waals surface area contributed by atoms with Crippen LogP contribution in [0.3, 0.4) is 0 Å². The van der Waals surface area contributed by atoms with Crippen molar-refractivity contribution in [2.24, 2.45) is 5.92 Å². The fourth-order valence-corrected chi connectivity index (χ4v) is 3.63. The van der Waals surface area contributed by atoms with Crippen LogP contribution in [0.15, 0.2) is 18.2 Å². The van der Waals surface area contributed by atoms with E-state index in [1.165, 1.54) is 4.90 Å². The van der Waals surface area contributed by atoms with Crippen molar-refractivity contribution in [3.05, 3.63) is 33.9 Å². The molecule has 0 saturated carbocycles. The van der Waals surface area contributed by atoms with Crippen molar-refractivity contribution in [1.29, 1.82) is 0 Å². The van der Waals surface area contributed by atoms with Gasteiger partial charge >= 0.3 is 6.18 Å². The summed E-state index contributed by atoms with van der Waals surface area (Å²) in [5.74, 6) is -0.762. The number of hydrogen-bond donors (Lipinski definition) is 1. The van der Waals surface area contributed by atoms with Gasteiger partial charge in [0.1, 0.15) is 5.69 Å². The van der Waals surface area contributed by atoms with Gasteiger partial charge in [-0.15, -0.1) is 0 Å². The Hall–Kier alpha value is -2.85. The maximum atomic E-state index is 12.9. The number of nitro benzene ring substituents is 1. The van der Waals surface area contributed by atoms with Gasteiger partial charge in [0.15, 0.2) is 0 Å². The number of nitrogens with one attached hydrogen (secondary N) is 1. The van der Waals surface area contributed by atoms with E-state index in [4.69, 9.17) is 0 Å². The van der Waals surface area contributed by atoms with E-state index in [9.17, 15) is 32.9 Å². The minimum atomic E-state index is -4.67. The average molecular weight is 444 g/mol. The van der Waals surface area contributed by atoms with Crippen LogP contribution >= 0.6 is 0 Å². The monoisotopic (exact) mass is 444 g/mol. The fraction of sp³-hybridized carbons (Fsp3) is 0.600. The number of nitro groups is 1. The molecule has 1 saturated heterocycles. The van der Waals surface area contributed by atoms with E-state index in [2.05, 4.69) is 5.32 Å². The van der Waals surface area contributed by atoms with Gasteiger partial charge in [-0.25, -0.2) is 0 Å². The lowest BCUT2D eigenvalue weighted by Gasteiger charge is -2.35. The van der Waals surface area contributed by atoms with Crippen LogP contribution in [0.5, 0.6) is 0 Å². The Morgan fingerprint density at radius 3 is 2.39 bits per heavy atom. The normalized spacial score (nSPS) is 15.1. The number of amides is 2. The number of benzene rings is 1. The van der Waals surface area contributed by atoms with Gasteiger partial charge in [-0.05, 0) is 45.7 Å². The number of alkyl halides is 3. The Morgan fingerprint density at radius 1 is 1.29 bits per heavy atom. The molecule has 8 nitrogen and oxygen atoms in total. The summed E-state index contributed by atoms with van der Waals surface area (Å²) in [6, 6.07) is 2.44. The van der Waals surface area contributed by atoms with E-state index >= 15 is 0 Å². The lowest BCUT2D eigenvalue weighted by atomic mass is 9.94. The molecule has 1 aromatic carbocycles. The minimum Gasteiger partial charge on any atom is -0.366 e. The standard InChI is InChI=1S/C20H27F3N4O4/c1-4-25(12-18(28)24-13(2)3)19(29)14-7-9-26(10-8-14)16-6-5-15(20(21,22)23)11-17(16)27(30)31/h5-6,11,13-14H,4,7-10,12H2,1-3H3,(H,24,28). The van der Waals surface area contributed by atoms with E-state index < -0.39 is 22.4 Å². The summed E-state index contributed by atoms with van der Waals surface area (Å²) >= 11 is 0. The highest BCUT2D eigenvalue weighted by Gasteiger charge is 2.35. The third-order valence-electron chi connectivity index (χ3n) is 5.16. The highest BCUT2D eigenvalue weighted by molar-refractivity contribution is 5.86. The Balaban J connectivity index is 2.07. The summed E-state index contributed by atoms with van der Waals surface area (Å²) in [6.45, 7) is 6.34. The number of likely N-dealkylation sites (N-methyl/N-ethyl adjacent to an activating group) is 1. The van der Waals surface area contributed by atoms with Gasteiger partial charge in [0.25, 0.3) is 5.69 Å². The number of carbonyl (C=O) groups excluding carboxylic acids is 2. The molecular formula is C20H27F3N4O4. The van der Waals surface area contributed by atoms with Crippen LogP contribution in [0.25, 0.3) is 0 Å². The topological polar surface area (TPSA) is 95.8 Å². The molecule has 0 aromatic heterocycles. The van der Waals surface area contributed by atoms with Crippen molar-refractivity contribution in [3.63, 3.8) is 0 Å². The molecule has 0 aliphatic carbocycles. The lowest BCUT2D eigenvalue weighted by molar-refractivity contribution is -0.384. The zero-order chi connectivity index (χ0) is 23.3. The molecule has 0 radical (unpaired) electrons. The van der Waals surface area contributed by atoms with Gasteiger partial charge in [0.05, 0.1) is 17.0 Å². The molecule has 1 aromatic rings. The predicted octanol–water partition coefficient (Wildman–Crippen LogP) is 3.20. The van der Waals surface area contributed by atoms with Crippen molar-refractivity contribution in [1.82, 2.24) is 10.2 Å². The van der Waals surface area contributed by atoms with Gasteiger partial charge in [0.2, 0.25) is 11.8 Å². The van der Waals surface area contributed by atoms with Crippen LogP contribution in [0.1, 0.15) is 39.2 Å². The molecule has 0 spiro atoms. The van der Waals surface area contributed by atoms with E-state index in [1.54, 1.807) is 11.8 Å². The smallest absolute Gasteiger partial charge is 0.366 e.